The maximum atomic E-state index is 15.5. The fraction of sp³-hybridized carbons (Fsp3) is 0.676. The molecule has 11 atom stereocenters. The molecule has 0 aliphatic carbocycles. The molecule has 25 nitrogen and oxygen atoms in total. The molecule has 99 heavy (non-hydrogen) atoms. The van der Waals surface area contributed by atoms with E-state index in [9.17, 15) is 38.7 Å². The number of carbonyl (C=O) groups is 12. The van der Waals surface area contributed by atoms with Crippen LogP contribution >= 0.6 is 0 Å². The first-order chi connectivity index (χ1) is 46.4. The lowest BCUT2D eigenvalue weighted by molar-refractivity contribution is -0.151. The largest absolute Gasteiger partial charge is 0.391 e. The van der Waals surface area contributed by atoms with E-state index in [0.717, 1.165) is 26.7 Å². The van der Waals surface area contributed by atoms with E-state index >= 15 is 24.0 Å². The Morgan fingerprint density at radius 2 is 0.859 bits per heavy atom. The van der Waals surface area contributed by atoms with Crippen LogP contribution < -0.4 is 21.3 Å². The van der Waals surface area contributed by atoms with Gasteiger partial charge in [0, 0.05) is 68.8 Å². The first-order valence-electron chi connectivity index (χ1n) is 35.5. The third-order valence-electron chi connectivity index (χ3n) is 19.0. The van der Waals surface area contributed by atoms with E-state index in [1.54, 1.807) is 29.2 Å². The van der Waals surface area contributed by atoms with Gasteiger partial charge in [-0.3, -0.25) is 57.5 Å². The van der Waals surface area contributed by atoms with Crippen molar-refractivity contribution in [1.82, 2.24) is 60.5 Å². The Balaban J connectivity index is 1.97. The summed E-state index contributed by atoms with van der Waals surface area (Å²) in [5.74, 6) is -9.38. The Morgan fingerprint density at radius 1 is 0.444 bits per heavy atom. The van der Waals surface area contributed by atoms with Crippen LogP contribution in [0.2, 0.25) is 0 Å². The van der Waals surface area contributed by atoms with Crippen LogP contribution in [0.15, 0.2) is 60.7 Å². The highest BCUT2D eigenvalue weighted by molar-refractivity contribution is 6.00. The summed E-state index contributed by atoms with van der Waals surface area (Å²) in [4.78, 5) is 189. The lowest BCUT2D eigenvalue weighted by Gasteiger charge is -2.38. The number of carbonyl (C=O) groups excluding carboxylic acids is 12. The molecular weight excluding hydrogens is 1260 g/mol. The van der Waals surface area contributed by atoms with Crippen molar-refractivity contribution >= 4 is 70.9 Å². The summed E-state index contributed by atoms with van der Waals surface area (Å²) in [6, 6.07) is 5.17. The van der Waals surface area contributed by atoms with Gasteiger partial charge < -0.3 is 65.6 Å². The van der Waals surface area contributed by atoms with Gasteiger partial charge in [-0.2, -0.15) is 0 Å². The maximum absolute atomic E-state index is 15.5. The average Bonchev–Trinajstić information content (AvgIpc) is 0.819. The fourth-order valence-corrected chi connectivity index (χ4v) is 12.8. The Kier molecular flexibility index (Phi) is 33.0. The van der Waals surface area contributed by atoms with Crippen LogP contribution in [0.1, 0.15) is 158 Å². The van der Waals surface area contributed by atoms with Crippen molar-refractivity contribution in [1.29, 1.82) is 0 Å². The third-order valence-corrected chi connectivity index (χ3v) is 19.0. The topological polar surface area (TPSA) is 299 Å². The van der Waals surface area contributed by atoms with Crippen LogP contribution in [-0.2, 0) is 70.4 Å². The molecule has 0 spiro atoms. The average molecular weight is 1380 g/mol. The van der Waals surface area contributed by atoms with E-state index in [-0.39, 0.29) is 74.5 Å². The van der Waals surface area contributed by atoms with Gasteiger partial charge in [-0.15, -0.1) is 0 Å². The summed E-state index contributed by atoms with van der Waals surface area (Å²) in [7, 11) is 9.87. The van der Waals surface area contributed by atoms with E-state index < -0.39 is 150 Å². The molecule has 2 aromatic rings. The van der Waals surface area contributed by atoms with Crippen molar-refractivity contribution in [2.24, 2.45) is 29.6 Å². The van der Waals surface area contributed by atoms with Crippen LogP contribution in [0.25, 0.3) is 0 Å². The molecule has 2 saturated heterocycles. The summed E-state index contributed by atoms with van der Waals surface area (Å²) in [6.45, 7) is 21.4. The second kappa shape index (κ2) is 39.1. The highest BCUT2D eigenvalue weighted by Gasteiger charge is 2.44. The smallest absolute Gasteiger partial charge is 0.248 e. The number of hydrogen-bond acceptors (Lipinski definition) is 13. The van der Waals surface area contributed by atoms with E-state index in [2.05, 4.69) is 21.3 Å². The summed E-state index contributed by atoms with van der Waals surface area (Å²) < 4.78 is 0. The van der Waals surface area contributed by atoms with E-state index in [1.165, 1.54) is 82.8 Å². The molecule has 0 unspecified atom stereocenters. The molecule has 552 valence electrons. The number of benzene rings is 2. The van der Waals surface area contributed by atoms with Gasteiger partial charge in [0.25, 0.3) is 0 Å². The second-order valence-electron chi connectivity index (χ2n) is 29.6. The fourth-order valence-electron chi connectivity index (χ4n) is 12.8. The van der Waals surface area contributed by atoms with Crippen molar-refractivity contribution in [3.05, 3.63) is 71.8 Å². The number of aryl methyl sites for hydroxylation is 1. The van der Waals surface area contributed by atoms with Crippen molar-refractivity contribution < 1.29 is 62.6 Å². The summed E-state index contributed by atoms with van der Waals surface area (Å²) in [6.07, 6.45) is 0.888. The maximum Gasteiger partial charge on any atom is 0.248 e. The SMILES string of the molecule is CC(C)C[C@@H]1NC(=O)[C@H](C)N(C)C(=O)C[C@@H](C(=O)N2CCCCC2)NC(=O)[C@H](CC(C)C)N(C)C(=O)CN(C)C(=O)[C@H]([C@@H](C)O)NC(=O)[C@H](CC(C)C)N(C)C(=O)[C@H](CCc2ccccc2)N(C)C(=O)[C@H](CC(C)C)NC(=O)[C@H](Cc2ccccc2)N(C)C(=O)[C@H](CC(C)C)N(C)C1=O. The van der Waals surface area contributed by atoms with Gasteiger partial charge >= 0.3 is 0 Å². The van der Waals surface area contributed by atoms with Gasteiger partial charge in [0.05, 0.1) is 19.1 Å². The van der Waals surface area contributed by atoms with Gasteiger partial charge in [0.1, 0.15) is 60.4 Å². The van der Waals surface area contributed by atoms with Crippen molar-refractivity contribution in [2.75, 3.05) is 69.0 Å². The molecule has 2 aliphatic rings. The standard InChI is InChI=1S/C74H118N12O13/c1-45(2)37-54-70(95)85(19)61(41-49(9)10)73(98)84(18)60(42-53-31-25-21-26-32-53)67(92)76-55(38-46(3)4)69(94)82(16)57(34-33-52-29-23-20-24-30-52)72(97)83(17)59(40-48(7)8)68(93)78-64(51(12)87)74(99)79(13)44-63(89)81(15)58(39-47(5)6)66(91)77-56(71(96)86-35-27-22-28-36-86)43-62(88)80(14)50(11)65(90)75-54/h20-21,23-26,29-32,45-51,54-61,64,87H,22,27-28,33-44H2,1-19H3,(H,75,90)(H,76,92)(H,77,91)(H,78,93)/t50-,51+,54-,55-,56-,57-,58-,59-,60-,61-,64-/m0/s1. The van der Waals surface area contributed by atoms with Crippen LogP contribution in [0.5, 0.6) is 0 Å². The molecule has 2 fully saturated rings. The van der Waals surface area contributed by atoms with Crippen LogP contribution in [0, 0.1) is 29.6 Å². The number of hydrogen-bond donors (Lipinski definition) is 5. The highest BCUT2D eigenvalue weighted by atomic mass is 16.3. The minimum Gasteiger partial charge on any atom is -0.391 e. The quantitative estimate of drug-likeness (QED) is 0.148. The van der Waals surface area contributed by atoms with Gasteiger partial charge in [0.2, 0.25) is 70.9 Å². The van der Waals surface area contributed by atoms with E-state index in [4.69, 9.17) is 0 Å². The predicted octanol–water partition coefficient (Wildman–Crippen LogP) is 4.27. The van der Waals surface area contributed by atoms with Gasteiger partial charge in [0.15, 0.2) is 0 Å². The summed E-state index contributed by atoms with van der Waals surface area (Å²) >= 11 is 0. The molecule has 4 rings (SSSR count). The molecule has 5 N–H and O–H groups in total. The zero-order valence-electron chi connectivity index (χ0n) is 62.5. The van der Waals surface area contributed by atoms with Gasteiger partial charge in [-0.1, -0.05) is 130 Å². The first kappa shape index (κ1) is 83.5. The normalized spacial score (nSPS) is 25.2. The van der Waals surface area contributed by atoms with Crippen molar-refractivity contribution in [2.45, 2.75) is 227 Å². The molecule has 2 aliphatic heterocycles. The number of nitrogens with zero attached hydrogens (tertiary/aromatic N) is 8. The van der Waals surface area contributed by atoms with Crippen LogP contribution in [0.4, 0.5) is 0 Å². The molecule has 0 radical (unpaired) electrons. The number of rotatable bonds is 17. The Morgan fingerprint density at radius 3 is 1.35 bits per heavy atom. The lowest BCUT2D eigenvalue weighted by atomic mass is 9.96. The summed E-state index contributed by atoms with van der Waals surface area (Å²) in [5, 5.41) is 22.6. The minimum absolute atomic E-state index is 0.0245. The highest BCUT2D eigenvalue weighted by Crippen LogP contribution is 2.24. The predicted molar refractivity (Wildman–Crippen MR) is 379 cm³/mol. The molecule has 0 bridgehead atoms. The second-order valence-corrected chi connectivity index (χ2v) is 29.6. The van der Waals surface area contributed by atoms with Gasteiger partial charge in [-0.25, -0.2) is 0 Å². The number of aliphatic hydroxyl groups excluding tert-OH is 1. The van der Waals surface area contributed by atoms with Gasteiger partial charge in [-0.05, 0) is 119 Å². The Hall–Kier alpha value is -7.96. The van der Waals surface area contributed by atoms with Crippen LogP contribution in [0.3, 0.4) is 0 Å². The molecule has 2 heterocycles. The monoisotopic (exact) mass is 1380 g/mol. The Labute approximate surface area is 588 Å². The minimum atomic E-state index is -1.66. The van der Waals surface area contributed by atoms with E-state index in [0.29, 0.717) is 37.9 Å². The van der Waals surface area contributed by atoms with Crippen molar-refractivity contribution in [3.63, 3.8) is 0 Å². The number of likely N-dealkylation sites (N-methyl/N-ethyl adjacent to an activating group) is 7. The molecule has 25 heteroatoms. The third kappa shape index (κ3) is 24.4. The molecule has 2 aromatic carbocycles. The van der Waals surface area contributed by atoms with Crippen molar-refractivity contribution in [3.8, 4) is 0 Å². The zero-order chi connectivity index (χ0) is 74.4. The van der Waals surface area contributed by atoms with E-state index in [1.807, 2.05) is 106 Å². The number of likely N-dealkylation sites (tertiary alicyclic amines) is 1. The first-order valence-corrected chi connectivity index (χ1v) is 35.5. The molecule has 0 saturated carbocycles. The molecule has 12 amide bonds. The number of nitrogens with one attached hydrogen (secondary N) is 4. The number of aliphatic hydroxyl groups is 1. The molecule has 0 aromatic heterocycles. The van der Waals surface area contributed by atoms with Crippen LogP contribution in [-0.4, -0.2) is 251 Å². The summed E-state index contributed by atoms with van der Waals surface area (Å²) in [5.41, 5.74) is 1.52. The lowest BCUT2D eigenvalue weighted by Crippen LogP contribution is -2.62. The zero-order valence-corrected chi connectivity index (χ0v) is 62.5. The molecular formula is C74H118N12O13. The number of amides is 12. The number of piperidine rings is 1. The Bertz CT molecular complexity index is 3050.